The minimum Gasteiger partial charge on any atom is -0.383 e. The molecule has 1 N–H and O–H groups in total. The third-order valence-electron chi connectivity index (χ3n) is 2.59. The number of benzene rings is 1. The molecular formula is C14H23NOS. The summed E-state index contributed by atoms with van der Waals surface area (Å²) in [5, 5.41) is 3.37. The van der Waals surface area contributed by atoms with Gasteiger partial charge in [-0.1, -0.05) is 13.0 Å². The molecule has 0 fully saturated rings. The summed E-state index contributed by atoms with van der Waals surface area (Å²) in [5.41, 5.74) is 2.75. The van der Waals surface area contributed by atoms with E-state index in [1.54, 1.807) is 7.11 Å². The van der Waals surface area contributed by atoms with Crippen molar-refractivity contribution in [2.45, 2.75) is 31.7 Å². The fourth-order valence-electron chi connectivity index (χ4n) is 1.57. The van der Waals surface area contributed by atoms with E-state index < -0.39 is 0 Å². The van der Waals surface area contributed by atoms with Crippen molar-refractivity contribution in [2.75, 3.05) is 26.0 Å². The molecule has 2 nitrogen and oxygen atoms in total. The maximum absolute atomic E-state index is 5.01. The standard InChI is InChI=1S/C14H23NOS/c1-4-9-17-14-6-5-13(12(2)10-14)11-15-7-8-16-3/h5-6,10,15H,4,7-9,11H2,1-3H3. The van der Waals surface area contributed by atoms with E-state index >= 15 is 0 Å². The van der Waals surface area contributed by atoms with Crippen LogP contribution >= 0.6 is 11.8 Å². The van der Waals surface area contributed by atoms with E-state index in [2.05, 4.69) is 37.4 Å². The molecule has 0 unspecified atom stereocenters. The van der Waals surface area contributed by atoms with E-state index in [4.69, 9.17) is 4.74 Å². The van der Waals surface area contributed by atoms with Crippen LogP contribution in [0.1, 0.15) is 24.5 Å². The van der Waals surface area contributed by atoms with Crippen LogP contribution in [0.5, 0.6) is 0 Å². The van der Waals surface area contributed by atoms with Crippen LogP contribution in [0.15, 0.2) is 23.1 Å². The van der Waals surface area contributed by atoms with Gasteiger partial charge in [0.1, 0.15) is 0 Å². The van der Waals surface area contributed by atoms with Crippen molar-refractivity contribution in [1.82, 2.24) is 5.32 Å². The Morgan fingerprint density at radius 1 is 1.35 bits per heavy atom. The summed E-state index contributed by atoms with van der Waals surface area (Å²) in [6.45, 7) is 7.00. The highest BCUT2D eigenvalue weighted by molar-refractivity contribution is 7.99. The minimum absolute atomic E-state index is 0.767. The molecule has 0 aliphatic heterocycles. The van der Waals surface area contributed by atoms with Crippen LogP contribution in [0.3, 0.4) is 0 Å². The molecule has 0 spiro atoms. The van der Waals surface area contributed by atoms with Gasteiger partial charge in [0, 0.05) is 25.1 Å². The SMILES string of the molecule is CCCSc1ccc(CNCCOC)c(C)c1. The Kier molecular flexibility index (Phi) is 7.33. The van der Waals surface area contributed by atoms with Gasteiger partial charge < -0.3 is 10.1 Å². The van der Waals surface area contributed by atoms with Gasteiger partial charge in [-0.05, 0) is 42.4 Å². The molecule has 0 saturated carbocycles. The van der Waals surface area contributed by atoms with Crippen molar-refractivity contribution < 1.29 is 4.74 Å². The Bertz CT molecular complexity index is 328. The zero-order chi connectivity index (χ0) is 12.5. The lowest BCUT2D eigenvalue weighted by Gasteiger charge is -2.09. The molecule has 0 amide bonds. The fourth-order valence-corrected chi connectivity index (χ4v) is 2.44. The van der Waals surface area contributed by atoms with E-state index in [0.717, 1.165) is 19.7 Å². The molecule has 0 radical (unpaired) electrons. The number of aryl methyl sites for hydroxylation is 1. The number of ether oxygens (including phenoxy) is 1. The van der Waals surface area contributed by atoms with Gasteiger partial charge >= 0.3 is 0 Å². The van der Waals surface area contributed by atoms with Crippen molar-refractivity contribution >= 4 is 11.8 Å². The van der Waals surface area contributed by atoms with Gasteiger partial charge in [0.2, 0.25) is 0 Å². The van der Waals surface area contributed by atoms with Crippen LogP contribution in [-0.4, -0.2) is 26.0 Å². The molecule has 1 aromatic rings. The molecule has 96 valence electrons. The number of methoxy groups -OCH3 is 1. The lowest BCUT2D eigenvalue weighted by molar-refractivity contribution is 0.199. The smallest absolute Gasteiger partial charge is 0.0587 e. The van der Waals surface area contributed by atoms with Gasteiger partial charge in [0.05, 0.1) is 6.61 Å². The largest absolute Gasteiger partial charge is 0.383 e. The Morgan fingerprint density at radius 3 is 2.82 bits per heavy atom. The highest BCUT2D eigenvalue weighted by atomic mass is 32.2. The summed E-state index contributed by atoms with van der Waals surface area (Å²) < 4.78 is 5.01. The first kappa shape index (κ1) is 14.6. The Labute approximate surface area is 109 Å². The first-order valence-corrected chi connectivity index (χ1v) is 7.18. The summed E-state index contributed by atoms with van der Waals surface area (Å²) in [7, 11) is 1.73. The Hall–Kier alpha value is -0.510. The molecule has 3 heteroatoms. The first-order chi connectivity index (χ1) is 8.27. The molecular weight excluding hydrogens is 230 g/mol. The number of rotatable bonds is 8. The van der Waals surface area contributed by atoms with Crippen LogP contribution in [0.25, 0.3) is 0 Å². The number of hydrogen-bond donors (Lipinski definition) is 1. The molecule has 1 aromatic carbocycles. The van der Waals surface area contributed by atoms with Gasteiger partial charge in [0.15, 0.2) is 0 Å². The lowest BCUT2D eigenvalue weighted by Crippen LogP contribution is -2.19. The maximum Gasteiger partial charge on any atom is 0.0587 e. The van der Waals surface area contributed by atoms with Crippen molar-refractivity contribution in [2.24, 2.45) is 0 Å². The summed E-state index contributed by atoms with van der Waals surface area (Å²) in [4.78, 5) is 1.38. The molecule has 0 bridgehead atoms. The van der Waals surface area contributed by atoms with Gasteiger partial charge in [-0.2, -0.15) is 0 Å². The first-order valence-electron chi connectivity index (χ1n) is 6.20. The van der Waals surface area contributed by atoms with Crippen LogP contribution < -0.4 is 5.32 Å². The highest BCUT2D eigenvalue weighted by Crippen LogP contribution is 2.21. The van der Waals surface area contributed by atoms with Crippen LogP contribution in [0.4, 0.5) is 0 Å². The van der Waals surface area contributed by atoms with Gasteiger partial charge in [-0.15, -0.1) is 11.8 Å². The fraction of sp³-hybridized carbons (Fsp3) is 0.571. The predicted octanol–water partition coefficient (Wildman–Crippen LogP) is 3.23. The van der Waals surface area contributed by atoms with Crippen molar-refractivity contribution in [3.63, 3.8) is 0 Å². The predicted molar refractivity (Wildman–Crippen MR) is 75.8 cm³/mol. The molecule has 0 aliphatic carbocycles. The normalized spacial score (nSPS) is 10.8. The summed E-state index contributed by atoms with van der Waals surface area (Å²) in [5.74, 6) is 1.20. The van der Waals surface area contributed by atoms with Gasteiger partial charge in [-0.25, -0.2) is 0 Å². The molecule has 17 heavy (non-hydrogen) atoms. The van der Waals surface area contributed by atoms with Crippen LogP contribution in [-0.2, 0) is 11.3 Å². The topological polar surface area (TPSA) is 21.3 Å². The second kappa shape index (κ2) is 8.56. The maximum atomic E-state index is 5.01. The average Bonchev–Trinajstić information content (AvgIpc) is 2.34. The summed E-state index contributed by atoms with van der Waals surface area (Å²) in [6.07, 6.45) is 1.23. The molecule has 1 rings (SSSR count). The number of nitrogens with one attached hydrogen (secondary N) is 1. The van der Waals surface area contributed by atoms with E-state index in [9.17, 15) is 0 Å². The van der Waals surface area contributed by atoms with Gasteiger partial charge in [0.25, 0.3) is 0 Å². The summed E-state index contributed by atoms with van der Waals surface area (Å²) in [6, 6.07) is 6.74. The number of thioether (sulfide) groups is 1. The summed E-state index contributed by atoms with van der Waals surface area (Å²) >= 11 is 1.93. The van der Waals surface area contributed by atoms with E-state index in [1.807, 2.05) is 11.8 Å². The third kappa shape index (κ3) is 5.57. The Morgan fingerprint density at radius 2 is 2.18 bits per heavy atom. The average molecular weight is 253 g/mol. The van der Waals surface area contributed by atoms with Crippen molar-refractivity contribution in [3.05, 3.63) is 29.3 Å². The quantitative estimate of drug-likeness (QED) is 0.568. The third-order valence-corrected chi connectivity index (χ3v) is 3.78. The zero-order valence-electron chi connectivity index (χ0n) is 11.1. The monoisotopic (exact) mass is 253 g/mol. The van der Waals surface area contributed by atoms with Crippen LogP contribution in [0.2, 0.25) is 0 Å². The van der Waals surface area contributed by atoms with Gasteiger partial charge in [-0.3, -0.25) is 0 Å². The highest BCUT2D eigenvalue weighted by Gasteiger charge is 2.00. The number of hydrogen-bond acceptors (Lipinski definition) is 3. The minimum atomic E-state index is 0.767. The van der Waals surface area contributed by atoms with Crippen LogP contribution in [0, 0.1) is 6.92 Å². The molecule has 0 atom stereocenters. The zero-order valence-corrected chi connectivity index (χ0v) is 11.9. The molecule has 0 aromatic heterocycles. The molecule has 0 aliphatic rings. The van der Waals surface area contributed by atoms with Crippen molar-refractivity contribution in [1.29, 1.82) is 0 Å². The second-order valence-corrected chi connectivity index (χ2v) is 5.27. The molecule has 0 saturated heterocycles. The second-order valence-electron chi connectivity index (χ2n) is 4.11. The molecule has 0 heterocycles. The van der Waals surface area contributed by atoms with E-state index in [-0.39, 0.29) is 0 Å². The van der Waals surface area contributed by atoms with E-state index in [1.165, 1.54) is 28.2 Å². The Balaban J connectivity index is 2.45. The van der Waals surface area contributed by atoms with Crippen molar-refractivity contribution in [3.8, 4) is 0 Å². The lowest BCUT2D eigenvalue weighted by atomic mass is 10.1. The van der Waals surface area contributed by atoms with E-state index in [0.29, 0.717) is 0 Å².